The molecule has 5 nitrogen and oxygen atoms in total. The number of nitrogens with zero attached hydrogens (tertiary/aromatic N) is 2. The summed E-state index contributed by atoms with van der Waals surface area (Å²) >= 11 is 0. The van der Waals surface area contributed by atoms with Crippen LogP contribution in [0.3, 0.4) is 0 Å². The van der Waals surface area contributed by atoms with Crippen molar-refractivity contribution in [3.63, 3.8) is 0 Å². The zero-order chi connectivity index (χ0) is 13.5. The lowest BCUT2D eigenvalue weighted by atomic mass is 9.89. The van der Waals surface area contributed by atoms with Gasteiger partial charge in [-0.25, -0.2) is 0 Å². The molecule has 2 aliphatic rings. The first-order valence-corrected chi connectivity index (χ1v) is 6.88. The molecular formula is C14H20N2O3. The molecule has 0 bridgehead atoms. The topological polar surface area (TPSA) is 53.4 Å². The van der Waals surface area contributed by atoms with E-state index in [2.05, 4.69) is 5.10 Å². The molecule has 0 amide bonds. The van der Waals surface area contributed by atoms with Crippen molar-refractivity contribution in [3.05, 3.63) is 17.0 Å². The van der Waals surface area contributed by atoms with Crippen LogP contribution in [0, 0.1) is 13.8 Å². The molecule has 1 aromatic rings. The van der Waals surface area contributed by atoms with Gasteiger partial charge < -0.3 is 9.47 Å². The molecule has 19 heavy (non-hydrogen) atoms. The third kappa shape index (κ3) is 2.11. The molecule has 2 unspecified atom stereocenters. The summed E-state index contributed by atoms with van der Waals surface area (Å²) in [7, 11) is 0. The summed E-state index contributed by atoms with van der Waals surface area (Å²) < 4.78 is 13.5. The minimum atomic E-state index is -0.128. The minimum Gasteiger partial charge on any atom is -0.378 e. The van der Waals surface area contributed by atoms with Gasteiger partial charge in [-0.05, 0) is 20.3 Å². The Bertz CT molecular complexity index is 489. The molecule has 2 fully saturated rings. The van der Waals surface area contributed by atoms with Gasteiger partial charge in [-0.3, -0.25) is 9.48 Å². The molecule has 3 rings (SSSR count). The monoisotopic (exact) mass is 264 g/mol. The van der Waals surface area contributed by atoms with Crippen LogP contribution in [-0.4, -0.2) is 41.5 Å². The molecule has 104 valence electrons. The molecule has 3 heterocycles. The molecule has 5 heteroatoms. The molecule has 2 aliphatic heterocycles. The molecule has 2 saturated heterocycles. The summed E-state index contributed by atoms with van der Waals surface area (Å²) in [6.45, 7) is 6.06. The van der Waals surface area contributed by atoms with Crippen LogP contribution in [0.15, 0.2) is 0 Å². The van der Waals surface area contributed by atoms with Crippen molar-refractivity contribution in [2.75, 3.05) is 19.8 Å². The Balaban J connectivity index is 1.87. The smallest absolute Gasteiger partial charge is 0.153 e. The van der Waals surface area contributed by atoms with Gasteiger partial charge in [-0.2, -0.15) is 5.10 Å². The Morgan fingerprint density at radius 2 is 2.26 bits per heavy atom. The highest BCUT2D eigenvalue weighted by molar-refractivity contribution is 5.78. The normalized spacial score (nSPS) is 30.9. The van der Waals surface area contributed by atoms with E-state index in [1.165, 1.54) is 0 Å². The van der Waals surface area contributed by atoms with Crippen LogP contribution in [0.1, 0.15) is 47.1 Å². The summed E-state index contributed by atoms with van der Waals surface area (Å²) in [6, 6.07) is 0.308. The van der Waals surface area contributed by atoms with Gasteiger partial charge in [-0.1, -0.05) is 0 Å². The van der Waals surface area contributed by atoms with E-state index in [0.29, 0.717) is 12.6 Å². The number of aldehydes is 1. The predicted octanol–water partition coefficient (Wildman–Crippen LogP) is 1.82. The number of aromatic nitrogens is 2. The Labute approximate surface area is 112 Å². The summed E-state index contributed by atoms with van der Waals surface area (Å²) in [4.78, 5) is 11.1. The first kappa shape index (κ1) is 12.8. The number of carbonyl (C=O) groups excluding carboxylic acids is 1. The number of aryl methyl sites for hydroxylation is 1. The van der Waals surface area contributed by atoms with Crippen molar-refractivity contribution in [2.24, 2.45) is 0 Å². The quantitative estimate of drug-likeness (QED) is 0.765. The van der Waals surface area contributed by atoms with Crippen molar-refractivity contribution in [1.29, 1.82) is 0 Å². The molecule has 1 aromatic heterocycles. The average molecular weight is 264 g/mol. The lowest BCUT2D eigenvalue weighted by molar-refractivity contribution is -0.0964. The molecule has 0 N–H and O–H groups in total. The van der Waals surface area contributed by atoms with Gasteiger partial charge in [-0.15, -0.1) is 0 Å². The van der Waals surface area contributed by atoms with Crippen LogP contribution in [-0.2, 0) is 9.47 Å². The Kier molecular flexibility index (Phi) is 3.19. The summed E-state index contributed by atoms with van der Waals surface area (Å²) in [5.74, 6) is 0. The second-order valence-corrected chi connectivity index (χ2v) is 5.63. The van der Waals surface area contributed by atoms with Gasteiger partial charge in [0.25, 0.3) is 0 Å². The molecule has 2 atom stereocenters. The van der Waals surface area contributed by atoms with Gasteiger partial charge >= 0.3 is 0 Å². The first-order valence-electron chi connectivity index (χ1n) is 6.88. The van der Waals surface area contributed by atoms with Gasteiger partial charge in [0.05, 0.1) is 29.5 Å². The van der Waals surface area contributed by atoms with E-state index in [4.69, 9.17) is 9.47 Å². The maximum atomic E-state index is 11.1. The van der Waals surface area contributed by atoms with Crippen LogP contribution in [0.5, 0.6) is 0 Å². The Hall–Kier alpha value is -1.20. The molecule has 0 aromatic carbocycles. The lowest BCUT2D eigenvalue weighted by Gasteiger charge is -2.37. The minimum absolute atomic E-state index is 0.128. The standard InChI is InChI=1S/C14H20N2O3/c1-10-13(8-17)11(2)16(15-10)12-3-5-19-14(7-12)4-6-18-9-14/h8,12H,3-7,9H2,1-2H3. The van der Waals surface area contributed by atoms with Crippen molar-refractivity contribution in [2.45, 2.75) is 44.8 Å². The van der Waals surface area contributed by atoms with Gasteiger partial charge in [0.2, 0.25) is 0 Å². The van der Waals surface area contributed by atoms with E-state index >= 15 is 0 Å². The maximum absolute atomic E-state index is 11.1. The number of hydrogen-bond donors (Lipinski definition) is 0. The van der Waals surface area contributed by atoms with Crippen LogP contribution >= 0.6 is 0 Å². The van der Waals surface area contributed by atoms with Gasteiger partial charge in [0.15, 0.2) is 6.29 Å². The summed E-state index contributed by atoms with van der Waals surface area (Å²) in [6.07, 6.45) is 3.74. The maximum Gasteiger partial charge on any atom is 0.153 e. The second-order valence-electron chi connectivity index (χ2n) is 5.63. The zero-order valence-corrected chi connectivity index (χ0v) is 11.5. The fraction of sp³-hybridized carbons (Fsp3) is 0.714. The molecule has 0 saturated carbocycles. The van der Waals surface area contributed by atoms with E-state index in [9.17, 15) is 4.79 Å². The molecule has 0 radical (unpaired) electrons. The Morgan fingerprint density at radius 3 is 2.89 bits per heavy atom. The third-order valence-corrected chi connectivity index (χ3v) is 4.38. The number of rotatable bonds is 2. The predicted molar refractivity (Wildman–Crippen MR) is 69.5 cm³/mol. The lowest BCUT2D eigenvalue weighted by Crippen LogP contribution is -2.41. The largest absolute Gasteiger partial charge is 0.378 e. The first-order chi connectivity index (χ1) is 9.15. The second kappa shape index (κ2) is 4.72. The number of ether oxygens (including phenoxy) is 2. The van der Waals surface area contributed by atoms with E-state index in [1.807, 2.05) is 18.5 Å². The van der Waals surface area contributed by atoms with E-state index < -0.39 is 0 Å². The highest BCUT2D eigenvalue weighted by Gasteiger charge is 2.42. The van der Waals surface area contributed by atoms with Crippen LogP contribution in [0.25, 0.3) is 0 Å². The zero-order valence-electron chi connectivity index (χ0n) is 11.5. The van der Waals surface area contributed by atoms with Crippen LogP contribution in [0.2, 0.25) is 0 Å². The third-order valence-electron chi connectivity index (χ3n) is 4.38. The van der Waals surface area contributed by atoms with Crippen LogP contribution in [0.4, 0.5) is 0 Å². The molecular weight excluding hydrogens is 244 g/mol. The van der Waals surface area contributed by atoms with Gasteiger partial charge in [0, 0.05) is 31.7 Å². The SMILES string of the molecule is Cc1nn(C2CCOC3(CCOC3)C2)c(C)c1C=O. The van der Waals surface area contributed by atoms with Crippen LogP contribution < -0.4 is 0 Å². The fourth-order valence-electron chi connectivity index (χ4n) is 3.28. The van der Waals surface area contributed by atoms with E-state index in [1.54, 1.807) is 0 Å². The Morgan fingerprint density at radius 1 is 1.42 bits per heavy atom. The van der Waals surface area contributed by atoms with Crippen molar-refractivity contribution in [1.82, 2.24) is 9.78 Å². The van der Waals surface area contributed by atoms with Crippen molar-refractivity contribution >= 4 is 6.29 Å². The van der Waals surface area contributed by atoms with E-state index in [0.717, 1.165) is 55.7 Å². The van der Waals surface area contributed by atoms with Crippen molar-refractivity contribution < 1.29 is 14.3 Å². The summed E-state index contributed by atoms with van der Waals surface area (Å²) in [5.41, 5.74) is 2.38. The molecule has 1 spiro atoms. The summed E-state index contributed by atoms with van der Waals surface area (Å²) in [5, 5.41) is 4.55. The molecule has 0 aliphatic carbocycles. The number of hydrogen-bond acceptors (Lipinski definition) is 4. The van der Waals surface area contributed by atoms with Crippen molar-refractivity contribution in [3.8, 4) is 0 Å². The highest BCUT2D eigenvalue weighted by atomic mass is 16.6. The average Bonchev–Trinajstić information content (AvgIpc) is 2.95. The number of carbonyl (C=O) groups is 1. The fourth-order valence-corrected chi connectivity index (χ4v) is 3.28. The van der Waals surface area contributed by atoms with E-state index in [-0.39, 0.29) is 5.60 Å². The van der Waals surface area contributed by atoms with Gasteiger partial charge in [0.1, 0.15) is 0 Å². The highest BCUT2D eigenvalue weighted by Crippen LogP contribution is 2.38.